The molecule has 2 nitrogen and oxygen atoms in total. The summed E-state index contributed by atoms with van der Waals surface area (Å²) in [7, 11) is 1.67. The Hall–Kier alpha value is -1.83. The van der Waals surface area contributed by atoms with Gasteiger partial charge in [-0.2, -0.15) is 0 Å². The zero-order valence-electron chi connectivity index (χ0n) is 13.4. The Morgan fingerprint density at radius 2 is 1.90 bits per heavy atom. The van der Waals surface area contributed by atoms with E-state index >= 15 is 0 Å². The number of rotatable bonds is 2. The molecule has 0 radical (unpaired) electrons. The molecule has 0 N–H and O–H groups in total. The van der Waals surface area contributed by atoms with Gasteiger partial charge < -0.3 is 4.74 Å². The first kappa shape index (κ1) is 14.1. The molecule has 3 rings (SSSR count). The molecule has 0 bridgehead atoms. The van der Waals surface area contributed by atoms with Crippen molar-refractivity contribution >= 4 is 0 Å². The summed E-state index contributed by atoms with van der Waals surface area (Å²) in [6.45, 7) is 6.93. The number of nitrogens with zero attached hydrogens (tertiary/aromatic N) is 1. The molecule has 0 saturated carbocycles. The molecule has 0 saturated heterocycles. The van der Waals surface area contributed by atoms with Crippen molar-refractivity contribution in [1.29, 1.82) is 0 Å². The van der Waals surface area contributed by atoms with Crippen molar-refractivity contribution in [2.45, 2.75) is 45.4 Å². The topological polar surface area (TPSA) is 22.1 Å². The van der Waals surface area contributed by atoms with Crippen LogP contribution in [0.4, 0.5) is 0 Å². The van der Waals surface area contributed by atoms with E-state index in [4.69, 9.17) is 4.74 Å². The molecular weight excluding hydrogens is 258 g/mol. The lowest BCUT2D eigenvalue weighted by atomic mass is 9.78. The number of hydrogen-bond donors (Lipinski definition) is 0. The number of hydrogen-bond acceptors (Lipinski definition) is 2. The van der Waals surface area contributed by atoms with Gasteiger partial charge in [0.2, 0.25) is 5.88 Å². The predicted molar refractivity (Wildman–Crippen MR) is 87.0 cm³/mol. The van der Waals surface area contributed by atoms with Gasteiger partial charge in [0.25, 0.3) is 0 Å². The largest absolute Gasteiger partial charge is 0.481 e. The van der Waals surface area contributed by atoms with Gasteiger partial charge in [0.15, 0.2) is 0 Å². The summed E-state index contributed by atoms with van der Waals surface area (Å²) in [5, 5.41) is 0. The minimum Gasteiger partial charge on any atom is -0.481 e. The third-order valence-electron chi connectivity index (χ3n) is 4.29. The number of benzene rings is 1. The molecule has 0 amide bonds. The molecule has 0 unspecified atom stereocenters. The standard InChI is InChI=1S/C19H23NO/c1-19(2,3)18-15-7-5-6-13(15)8-9-16(18)14-10-11-20-17(12-14)21-4/h8-12H,5-7H2,1-4H3. The van der Waals surface area contributed by atoms with Crippen molar-refractivity contribution in [1.82, 2.24) is 4.98 Å². The van der Waals surface area contributed by atoms with Crippen LogP contribution in [0.15, 0.2) is 30.5 Å². The molecule has 1 aliphatic rings. The van der Waals surface area contributed by atoms with E-state index in [2.05, 4.69) is 44.0 Å². The summed E-state index contributed by atoms with van der Waals surface area (Å²) < 4.78 is 5.28. The highest BCUT2D eigenvalue weighted by Crippen LogP contribution is 2.40. The van der Waals surface area contributed by atoms with Crippen LogP contribution in [0.3, 0.4) is 0 Å². The molecule has 1 heterocycles. The highest BCUT2D eigenvalue weighted by Gasteiger charge is 2.26. The zero-order valence-corrected chi connectivity index (χ0v) is 13.4. The van der Waals surface area contributed by atoms with Crippen molar-refractivity contribution in [2.75, 3.05) is 7.11 Å². The lowest BCUT2D eigenvalue weighted by Crippen LogP contribution is -2.16. The summed E-state index contributed by atoms with van der Waals surface area (Å²) in [6.07, 6.45) is 5.53. The fourth-order valence-corrected chi connectivity index (χ4v) is 3.45. The van der Waals surface area contributed by atoms with Crippen LogP contribution in [0.1, 0.15) is 43.9 Å². The molecule has 1 aromatic heterocycles. The maximum absolute atomic E-state index is 5.28. The van der Waals surface area contributed by atoms with Gasteiger partial charge in [0.1, 0.15) is 0 Å². The Labute approximate surface area is 127 Å². The molecule has 1 aliphatic carbocycles. The predicted octanol–water partition coefficient (Wildman–Crippen LogP) is 4.54. The average Bonchev–Trinajstić information content (AvgIpc) is 2.93. The van der Waals surface area contributed by atoms with Crippen molar-refractivity contribution in [2.24, 2.45) is 0 Å². The number of fused-ring (bicyclic) bond motifs is 1. The van der Waals surface area contributed by atoms with Gasteiger partial charge in [0.05, 0.1) is 7.11 Å². The second-order valence-corrected chi connectivity index (χ2v) is 6.82. The quantitative estimate of drug-likeness (QED) is 0.806. The zero-order chi connectivity index (χ0) is 15.0. The smallest absolute Gasteiger partial charge is 0.213 e. The Balaban J connectivity index is 2.23. The van der Waals surface area contributed by atoms with Crippen molar-refractivity contribution in [3.05, 3.63) is 47.2 Å². The number of methoxy groups -OCH3 is 1. The van der Waals surface area contributed by atoms with Crippen LogP contribution in [-0.2, 0) is 18.3 Å². The van der Waals surface area contributed by atoms with Gasteiger partial charge in [-0.05, 0) is 58.6 Å². The molecule has 21 heavy (non-hydrogen) atoms. The van der Waals surface area contributed by atoms with E-state index in [-0.39, 0.29) is 5.41 Å². The average molecular weight is 281 g/mol. The van der Waals surface area contributed by atoms with Gasteiger partial charge in [0, 0.05) is 12.3 Å². The molecule has 2 heteroatoms. The molecule has 0 atom stereocenters. The first-order chi connectivity index (χ1) is 10.0. The first-order valence-corrected chi connectivity index (χ1v) is 7.66. The summed E-state index contributed by atoms with van der Waals surface area (Å²) in [5.74, 6) is 0.674. The van der Waals surface area contributed by atoms with Gasteiger partial charge in [-0.15, -0.1) is 0 Å². The Morgan fingerprint density at radius 3 is 2.62 bits per heavy atom. The Morgan fingerprint density at radius 1 is 1.10 bits per heavy atom. The van der Waals surface area contributed by atoms with E-state index in [1.807, 2.05) is 12.3 Å². The summed E-state index contributed by atoms with van der Waals surface area (Å²) in [5.41, 5.74) is 7.25. The van der Waals surface area contributed by atoms with Gasteiger partial charge in [-0.1, -0.05) is 32.9 Å². The van der Waals surface area contributed by atoms with Crippen LogP contribution in [0.5, 0.6) is 5.88 Å². The van der Waals surface area contributed by atoms with Gasteiger partial charge in [-0.25, -0.2) is 4.98 Å². The lowest BCUT2D eigenvalue weighted by molar-refractivity contribution is 0.398. The lowest BCUT2D eigenvalue weighted by Gasteiger charge is -2.27. The number of aryl methyl sites for hydroxylation is 1. The minimum absolute atomic E-state index is 0.140. The number of aromatic nitrogens is 1. The number of pyridine rings is 1. The third-order valence-corrected chi connectivity index (χ3v) is 4.29. The van der Waals surface area contributed by atoms with Crippen LogP contribution in [0, 0.1) is 0 Å². The van der Waals surface area contributed by atoms with Crippen LogP contribution in [-0.4, -0.2) is 12.1 Å². The van der Waals surface area contributed by atoms with Crippen LogP contribution < -0.4 is 4.74 Å². The SMILES string of the molecule is COc1cc(-c2ccc3c(c2C(C)(C)C)CCC3)ccn1. The molecule has 0 spiro atoms. The van der Waals surface area contributed by atoms with Gasteiger partial charge in [-0.3, -0.25) is 0 Å². The van der Waals surface area contributed by atoms with E-state index in [0.29, 0.717) is 5.88 Å². The molecule has 0 fully saturated rings. The maximum Gasteiger partial charge on any atom is 0.213 e. The van der Waals surface area contributed by atoms with Crippen molar-refractivity contribution in [3.8, 4) is 17.0 Å². The maximum atomic E-state index is 5.28. The molecule has 0 aliphatic heterocycles. The van der Waals surface area contributed by atoms with E-state index in [0.717, 1.165) is 0 Å². The molecular formula is C19H23NO. The Kier molecular flexibility index (Phi) is 3.48. The fourth-order valence-electron chi connectivity index (χ4n) is 3.45. The van der Waals surface area contributed by atoms with E-state index in [1.54, 1.807) is 12.7 Å². The second-order valence-electron chi connectivity index (χ2n) is 6.82. The second kappa shape index (κ2) is 5.18. The minimum atomic E-state index is 0.140. The summed E-state index contributed by atoms with van der Waals surface area (Å²) in [6, 6.07) is 8.69. The van der Waals surface area contributed by atoms with E-state index < -0.39 is 0 Å². The summed E-state index contributed by atoms with van der Waals surface area (Å²) >= 11 is 0. The van der Waals surface area contributed by atoms with Crippen molar-refractivity contribution in [3.63, 3.8) is 0 Å². The van der Waals surface area contributed by atoms with Crippen LogP contribution in [0.25, 0.3) is 11.1 Å². The molecule has 110 valence electrons. The molecule has 2 aromatic rings. The highest BCUT2D eigenvalue weighted by atomic mass is 16.5. The number of ether oxygens (including phenoxy) is 1. The van der Waals surface area contributed by atoms with E-state index in [1.165, 1.54) is 41.5 Å². The highest BCUT2D eigenvalue weighted by molar-refractivity contribution is 5.72. The fraction of sp³-hybridized carbons (Fsp3) is 0.421. The molecule has 1 aromatic carbocycles. The normalized spacial score (nSPS) is 14.1. The van der Waals surface area contributed by atoms with Gasteiger partial charge >= 0.3 is 0 Å². The third kappa shape index (κ3) is 2.55. The van der Waals surface area contributed by atoms with Crippen molar-refractivity contribution < 1.29 is 4.74 Å². The first-order valence-electron chi connectivity index (χ1n) is 7.66. The monoisotopic (exact) mass is 281 g/mol. The Bertz CT molecular complexity index is 668. The van der Waals surface area contributed by atoms with Crippen LogP contribution >= 0.6 is 0 Å². The summed E-state index contributed by atoms with van der Waals surface area (Å²) in [4.78, 5) is 4.23. The van der Waals surface area contributed by atoms with Crippen LogP contribution in [0.2, 0.25) is 0 Å². The van der Waals surface area contributed by atoms with E-state index in [9.17, 15) is 0 Å².